The number of nitrogens with zero attached hydrogens (tertiary/aromatic N) is 2. The molecule has 8 heteroatoms. The number of hydrogen-bond acceptors (Lipinski definition) is 4. The van der Waals surface area contributed by atoms with Gasteiger partial charge in [-0.2, -0.15) is 4.31 Å². The van der Waals surface area contributed by atoms with Gasteiger partial charge >= 0.3 is 0 Å². The molecule has 0 aliphatic carbocycles. The van der Waals surface area contributed by atoms with Crippen LogP contribution in [0.15, 0.2) is 53.4 Å². The molecule has 162 valence electrons. The number of sulfonamides is 1. The Morgan fingerprint density at radius 1 is 1.10 bits per heavy atom. The van der Waals surface area contributed by atoms with Gasteiger partial charge in [0, 0.05) is 37.6 Å². The van der Waals surface area contributed by atoms with Gasteiger partial charge in [-0.1, -0.05) is 23.7 Å². The number of carbonyl (C=O) groups excluding carboxylic acids is 1. The predicted molar refractivity (Wildman–Crippen MR) is 117 cm³/mol. The van der Waals surface area contributed by atoms with E-state index < -0.39 is 10.0 Å². The Kier molecular flexibility index (Phi) is 7.39. The maximum Gasteiger partial charge on any atom is 0.243 e. The van der Waals surface area contributed by atoms with Crippen LogP contribution in [0.3, 0.4) is 0 Å². The quantitative estimate of drug-likeness (QED) is 0.643. The van der Waals surface area contributed by atoms with Gasteiger partial charge in [0.2, 0.25) is 15.9 Å². The van der Waals surface area contributed by atoms with Crippen LogP contribution >= 0.6 is 11.6 Å². The molecule has 2 aromatic carbocycles. The smallest absolute Gasteiger partial charge is 0.243 e. The zero-order valence-corrected chi connectivity index (χ0v) is 18.8. The summed E-state index contributed by atoms with van der Waals surface area (Å²) < 4.78 is 32.7. The van der Waals surface area contributed by atoms with Crippen LogP contribution in [-0.2, 0) is 21.4 Å². The number of ether oxygens (including phenoxy) is 1. The normalized spacial score (nSPS) is 15.7. The third-order valence-electron chi connectivity index (χ3n) is 5.28. The minimum absolute atomic E-state index is 0.0445. The Hall–Kier alpha value is -2.09. The summed E-state index contributed by atoms with van der Waals surface area (Å²) in [4.78, 5) is 14.8. The molecule has 6 nitrogen and oxygen atoms in total. The Bertz CT molecular complexity index is 954. The van der Waals surface area contributed by atoms with E-state index in [1.54, 1.807) is 48.3 Å². The van der Waals surface area contributed by atoms with Gasteiger partial charge in [-0.15, -0.1) is 0 Å². The monoisotopic (exact) mass is 450 g/mol. The van der Waals surface area contributed by atoms with Gasteiger partial charge < -0.3 is 9.64 Å². The Morgan fingerprint density at radius 3 is 2.27 bits per heavy atom. The molecule has 1 fully saturated rings. The van der Waals surface area contributed by atoms with Crippen LogP contribution < -0.4 is 4.74 Å². The average Bonchev–Trinajstić information content (AvgIpc) is 2.75. The maximum atomic E-state index is 12.9. The van der Waals surface area contributed by atoms with E-state index in [1.165, 1.54) is 4.31 Å². The van der Waals surface area contributed by atoms with Crippen LogP contribution in [0.5, 0.6) is 5.75 Å². The summed E-state index contributed by atoms with van der Waals surface area (Å²) in [5.41, 5.74) is 1.01. The fraction of sp³-hybridized carbons (Fsp3) is 0.409. The molecule has 0 spiro atoms. The molecule has 1 saturated heterocycles. The predicted octanol–water partition coefficient (Wildman–Crippen LogP) is 3.80. The van der Waals surface area contributed by atoms with E-state index in [1.807, 2.05) is 19.1 Å². The lowest BCUT2D eigenvalue weighted by Gasteiger charge is -2.32. The summed E-state index contributed by atoms with van der Waals surface area (Å²) in [6.45, 7) is 3.57. The molecular weight excluding hydrogens is 424 g/mol. The second-order valence-electron chi connectivity index (χ2n) is 7.40. The van der Waals surface area contributed by atoms with Gasteiger partial charge in [0.25, 0.3) is 0 Å². The van der Waals surface area contributed by atoms with Crippen molar-refractivity contribution in [3.63, 3.8) is 0 Å². The van der Waals surface area contributed by atoms with Gasteiger partial charge in [0.15, 0.2) is 0 Å². The second-order valence-corrected chi connectivity index (χ2v) is 9.78. The van der Waals surface area contributed by atoms with Crippen molar-refractivity contribution in [3.8, 4) is 5.75 Å². The van der Waals surface area contributed by atoms with E-state index >= 15 is 0 Å². The van der Waals surface area contributed by atoms with Crippen LogP contribution in [-0.4, -0.2) is 50.3 Å². The maximum absolute atomic E-state index is 12.9. The highest BCUT2D eigenvalue weighted by Gasteiger charge is 2.33. The van der Waals surface area contributed by atoms with Crippen molar-refractivity contribution in [1.82, 2.24) is 9.21 Å². The second kappa shape index (κ2) is 9.81. The van der Waals surface area contributed by atoms with Gasteiger partial charge in [0.1, 0.15) is 5.75 Å². The third-order valence-corrected chi connectivity index (χ3v) is 7.45. The first-order valence-electron chi connectivity index (χ1n) is 10.0. The lowest BCUT2D eigenvalue weighted by molar-refractivity contribution is -0.135. The first-order valence-corrected chi connectivity index (χ1v) is 11.9. The molecule has 2 aromatic rings. The van der Waals surface area contributed by atoms with Crippen molar-refractivity contribution < 1.29 is 17.9 Å². The number of rotatable bonds is 7. The van der Waals surface area contributed by atoms with Crippen LogP contribution in [0.4, 0.5) is 0 Å². The average molecular weight is 451 g/mol. The zero-order chi connectivity index (χ0) is 21.7. The summed E-state index contributed by atoms with van der Waals surface area (Å²) in [7, 11) is -1.80. The minimum atomic E-state index is -3.58. The standard InChI is InChI=1S/C22H27ClN2O4S/c1-3-29-20-8-10-21(11-9-20)30(27,28)25-14-12-18(13-15-25)22(26)24(2)16-17-4-6-19(23)7-5-17/h4-11,18H,3,12-16H2,1-2H3. The highest BCUT2D eigenvalue weighted by molar-refractivity contribution is 7.89. The van der Waals surface area contributed by atoms with Crippen molar-refractivity contribution in [2.45, 2.75) is 31.2 Å². The van der Waals surface area contributed by atoms with E-state index in [9.17, 15) is 13.2 Å². The molecule has 1 aliphatic heterocycles. The number of piperidine rings is 1. The van der Waals surface area contributed by atoms with Gasteiger partial charge in [-0.05, 0) is 61.7 Å². The topological polar surface area (TPSA) is 66.9 Å². The Labute approximate surface area is 183 Å². The van der Waals surface area contributed by atoms with E-state index in [4.69, 9.17) is 16.3 Å². The fourth-order valence-electron chi connectivity index (χ4n) is 3.62. The van der Waals surface area contributed by atoms with E-state index in [0.29, 0.717) is 49.9 Å². The zero-order valence-electron chi connectivity index (χ0n) is 17.3. The highest BCUT2D eigenvalue weighted by Crippen LogP contribution is 2.26. The molecular formula is C22H27ClN2O4S. The summed E-state index contributed by atoms with van der Waals surface area (Å²) in [6, 6.07) is 13.9. The summed E-state index contributed by atoms with van der Waals surface area (Å²) in [6.07, 6.45) is 1.03. The lowest BCUT2D eigenvalue weighted by Crippen LogP contribution is -2.43. The molecule has 30 heavy (non-hydrogen) atoms. The third kappa shape index (κ3) is 5.33. The molecule has 1 amide bonds. The molecule has 0 N–H and O–H groups in total. The fourth-order valence-corrected chi connectivity index (χ4v) is 5.22. The highest BCUT2D eigenvalue weighted by atomic mass is 35.5. The number of benzene rings is 2. The van der Waals surface area contributed by atoms with Crippen molar-refractivity contribution in [3.05, 3.63) is 59.1 Å². The Balaban J connectivity index is 1.57. The van der Waals surface area contributed by atoms with Crippen LogP contribution in [0.1, 0.15) is 25.3 Å². The SMILES string of the molecule is CCOc1ccc(S(=O)(=O)N2CCC(C(=O)N(C)Cc3ccc(Cl)cc3)CC2)cc1. The summed E-state index contributed by atoms with van der Waals surface area (Å²) in [5.74, 6) is 0.515. The minimum Gasteiger partial charge on any atom is -0.494 e. The first kappa shape index (κ1) is 22.6. The van der Waals surface area contributed by atoms with E-state index in [-0.39, 0.29) is 16.7 Å². The van der Waals surface area contributed by atoms with E-state index in [0.717, 1.165) is 5.56 Å². The molecule has 0 radical (unpaired) electrons. The number of carbonyl (C=O) groups is 1. The van der Waals surface area contributed by atoms with Gasteiger partial charge in [-0.25, -0.2) is 8.42 Å². The Morgan fingerprint density at radius 2 is 1.70 bits per heavy atom. The van der Waals surface area contributed by atoms with Crippen molar-refractivity contribution >= 4 is 27.5 Å². The summed E-state index contributed by atoms with van der Waals surface area (Å²) >= 11 is 5.91. The molecule has 0 saturated carbocycles. The number of halogens is 1. The lowest BCUT2D eigenvalue weighted by atomic mass is 9.96. The molecule has 3 rings (SSSR count). The molecule has 1 aliphatic rings. The van der Waals surface area contributed by atoms with Crippen LogP contribution in [0, 0.1) is 5.92 Å². The van der Waals surface area contributed by atoms with Gasteiger partial charge in [0.05, 0.1) is 11.5 Å². The van der Waals surface area contributed by atoms with Crippen molar-refractivity contribution in [2.75, 3.05) is 26.7 Å². The molecule has 0 unspecified atom stereocenters. The molecule has 0 bridgehead atoms. The van der Waals surface area contributed by atoms with Crippen LogP contribution in [0.25, 0.3) is 0 Å². The molecule has 0 atom stereocenters. The number of amides is 1. The van der Waals surface area contributed by atoms with E-state index in [2.05, 4.69) is 0 Å². The molecule has 0 aromatic heterocycles. The largest absolute Gasteiger partial charge is 0.494 e. The molecule has 1 heterocycles. The van der Waals surface area contributed by atoms with Gasteiger partial charge in [-0.3, -0.25) is 4.79 Å². The van der Waals surface area contributed by atoms with Crippen molar-refractivity contribution in [1.29, 1.82) is 0 Å². The first-order chi connectivity index (χ1) is 14.3. The summed E-state index contributed by atoms with van der Waals surface area (Å²) in [5, 5.41) is 0.661. The van der Waals surface area contributed by atoms with Crippen LogP contribution in [0.2, 0.25) is 5.02 Å². The van der Waals surface area contributed by atoms with Crippen molar-refractivity contribution in [2.24, 2.45) is 5.92 Å². The number of hydrogen-bond donors (Lipinski definition) is 0.